The van der Waals surface area contributed by atoms with Crippen LogP contribution < -0.4 is 0 Å². The van der Waals surface area contributed by atoms with Crippen molar-refractivity contribution in [3.05, 3.63) is 163 Å². The number of aromatic nitrogens is 3. The number of para-hydroxylation sites is 5. The van der Waals surface area contributed by atoms with Crippen molar-refractivity contribution in [3.8, 4) is 17.1 Å². The van der Waals surface area contributed by atoms with E-state index in [1.807, 2.05) is 0 Å². The van der Waals surface area contributed by atoms with Crippen LogP contribution >= 0.6 is 0 Å². The molecular weight excluding hydrogens is 546 g/mol. The van der Waals surface area contributed by atoms with Crippen LogP contribution in [-0.4, -0.2) is 13.7 Å². The van der Waals surface area contributed by atoms with Crippen molar-refractivity contribution in [2.45, 2.75) is 0 Å². The van der Waals surface area contributed by atoms with Crippen molar-refractivity contribution in [2.24, 2.45) is 0 Å². The molecule has 0 amide bonds. The van der Waals surface area contributed by atoms with E-state index >= 15 is 0 Å². The van der Waals surface area contributed by atoms with E-state index in [1.54, 1.807) is 30.3 Å². The van der Waals surface area contributed by atoms with Gasteiger partial charge in [0, 0.05) is 43.7 Å². The summed E-state index contributed by atoms with van der Waals surface area (Å²) in [5.74, 6) is 0. The van der Waals surface area contributed by atoms with E-state index in [1.165, 1.54) is 4.57 Å². The summed E-state index contributed by atoms with van der Waals surface area (Å²) in [4.78, 5) is 0. The number of fused-ring (bicyclic) bond motifs is 9. The molecule has 0 spiro atoms. The lowest BCUT2D eigenvalue weighted by molar-refractivity contribution is 1.16. The molecule has 0 aliphatic heterocycles. The van der Waals surface area contributed by atoms with E-state index in [-0.39, 0.29) is 27.5 Å². The second-order valence-electron chi connectivity index (χ2n) is 10.1. The Bertz CT molecular complexity index is 3920. The lowest BCUT2D eigenvalue weighted by Gasteiger charge is -2.13. The third-order valence-corrected chi connectivity index (χ3v) is 7.84. The van der Waals surface area contributed by atoms with Crippen LogP contribution in [0.3, 0.4) is 0 Å². The van der Waals surface area contributed by atoms with Crippen LogP contribution in [0.2, 0.25) is 0 Å². The maximum atomic E-state index is 10.1. The van der Waals surface area contributed by atoms with Gasteiger partial charge in [0.1, 0.15) is 0 Å². The molecule has 3 aromatic heterocycles. The van der Waals surface area contributed by atoms with Gasteiger partial charge in [-0.3, -0.25) is 0 Å². The SMILES string of the molecule is [2H]c1c([2H])c([2H])c2c(c1[2H])c1c(-n3c4c([2H])c([2H])c([2H])c([2H])c4c4c([2H])c([2H])c(-n5c6c([2H])c([2H])c([2H])c([2H])c6c6c([2H])c([2H])c([2H])c([2H])c65)c([2H])c43)c([2H])c([2H])c([2H])c1n2-c1ccccc1. The van der Waals surface area contributed by atoms with Gasteiger partial charge in [-0.2, -0.15) is 0 Å². The van der Waals surface area contributed by atoms with Gasteiger partial charge in [0.05, 0.1) is 68.9 Å². The molecule has 3 nitrogen and oxygen atoms in total. The van der Waals surface area contributed by atoms with E-state index < -0.39 is 188 Å². The first-order chi connectivity index (χ1) is 31.5. The highest BCUT2D eigenvalue weighted by molar-refractivity contribution is 6.17. The largest absolute Gasteiger partial charge is 0.309 e. The molecule has 0 aliphatic rings. The summed E-state index contributed by atoms with van der Waals surface area (Å²) in [5, 5.41) is -2.35. The third kappa shape index (κ3) is 3.35. The van der Waals surface area contributed by atoms with Crippen molar-refractivity contribution in [2.75, 3.05) is 0 Å². The molecule has 0 bridgehead atoms. The zero-order valence-corrected chi connectivity index (χ0v) is 22.7. The fraction of sp³-hybridized carbons (Fsp3) is 0. The van der Waals surface area contributed by atoms with Gasteiger partial charge in [0.15, 0.2) is 0 Å². The fourth-order valence-corrected chi connectivity index (χ4v) is 6.04. The van der Waals surface area contributed by atoms with Crippen molar-refractivity contribution in [1.29, 1.82) is 0 Å². The van der Waals surface area contributed by atoms with Crippen LogP contribution in [0, 0.1) is 0 Å². The molecule has 0 saturated carbocycles. The lowest BCUT2D eigenvalue weighted by atomic mass is 10.1. The zero-order chi connectivity index (χ0) is 48.6. The highest BCUT2D eigenvalue weighted by atomic mass is 15.0. The van der Waals surface area contributed by atoms with E-state index in [0.717, 1.165) is 9.13 Å². The van der Waals surface area contributed by atoms with Crippen LogP contribution in [0.4, 0.5) is 0 Å². The number of rotatable bonds is 3. The standard InChI is InChI=1S/C42H27N3/c1-2-13-28(14-3-1)43-38-22-11-7-18-34(38)42-39(43)23-12-24-40(42)45-37-21-10-6-17-32(37)33-26-25-29(27-41(33)45)44-35-19-8-4-15-30(35)31-16-5-9-20-36(31)44/h1-27H/i4D,5D,6D,7D,8D,9D,10D,11D,12D,15D,16D,17D,18D,19D,20D,21D,22D,23D,24D,25D,26D,27D. The van der Waals surface area contributed by atoms with E-state index in [9.17, 15) is 12.3 Å². The summed E-state index contributed by atoms with van der Waals surface area (Å²) < 4.78 is 202. The summed E-state index contributed by atoms with van der Waals surface area (Å²) in [5.41, 5.74) is -3.56. The van der Waals surface area contributed by atoms with Gasteiger partial charge in [-0.1, -0.05) is 103 Å². The van der Waals surface area contributed by atoms with Gasteiger partial charge in [-0.05, 0) is 60.5 Å². The maximum absolute atomic E-state index is 10.1. The predicted octanol–water partition coefficient (Wildman–Crippen LogP) is 11.0. The van der Waals surface area contributed by atoms with Gasteiger partial charge in [-0.25, -0.2) is 0 Å². The minimum atomic E-state index is -0.892. The summed E-state index contributed by atoms with van der Waals surface area (Å²) in [6.07, 6.45) is 0. The average molecular weight is 596 g/mol. The number of nitrogens with zero attached hydrogens (tertiary/aromatic N) is 3. The van der Waals surface area contributed by atoms with Gasteiger partial charge < -0.3 is 13.7 Å². The van der Waals surface area contributed by atoms with Crippen molar-refractivity contribution >= 4 is 65.4 Å². The van der Waals surface area contributed by atoms with Gasteiger partial charge >= 0.3 is 0 Å². The Labute approximate surface area is 290 Å². The lowest BCUT2D eigenvalue weighted by Crippen LogP contribution is -1.98. The van der Waals surface area contributed by atoms with Crippen LogP contribution in [0.15, 0.2) is 163 Å². The molecule has 0 N–H and O–H groups in total. The molecule has 0 radical (unpaired) electrons. The Morgan fingerprint density at radius 2 is 0.844 bits per heavy atom. The highest BCUT2D eigenvalue weighted by Crippen LogP contribution is 2.41. The molecular formula is C42H27N3. The summed E-state index contributed by atoms with van der Waals surface area (Å²) in [6, 6.07) is -8.90. The Balaban J connectivity index is 1.57. The molecule has 10 rings (SSSR count). The van der Waals surface area contributed by atoms with Crippen LogP contribution in [0.25, 0.3) is 82.5 Å². The molecule has 3 heteroatoms. The molecule has 0 saturated heterocycles. The third-order valence-electron chi connectivity index (χ3n) is 7.84. The molecule has 45 heavy (non-hydrogen) atoms. The Morgan fingerprint density at radius 3 is 1.49 bits per heavy atom. The monoisotopic (exact) mass is 595 g/mol. The minimum absolute atomic E-state index is 0.204. The maximum Gasteiger partial charge on any atom is 0.0667 e. The molecule has 3 heterocycles. The van der Waals surface area contributed by atoms with Crippen LogP contribution in [0.5, 0.6) is 0 Å². The molecule has 10 aromatic rings. The van der Waals surface area contributed by atoms with Crippen molar-refractivity contribution in [3.63, 3.8) is 0 Å². The van der Waals surface area contributed by atoms with Gasteiger partial charge in [-0.15, -0.1) is 0 Å². The second-order valence-corrected chi connectivity index (χ2v) is 10.1. The quantitative estimate of drug-likeness (QED) is 0.193. The highest BCUT2D eigenvalue weighted by Gasteiger charge is 2.20. The first-order valence-corrected chi connectivity index (χ1v) is 13.7. The predicted molar refractivity (Wildman–Crippen MR) is 189 cm³/mol. The minimum Gasteiger partial charge on any atom is -0.309 e. The van der Waals surface area contributed by atoms with E-state index in [4.69, 9.17) is 17.8 Å². The molecule has 0 unspecified atom stereocenters. The Morgan fingerprint density at radius 1 is 0.356 bits per heavy atom. The second kappa shape index (κ2) is 9.22. The Hall–Kier alpha value is -6.06. The van der Waals surface area contributed by atoms with Gasteiger partial charge in [0.25, 0.3) is 0 Å². The fourth-order valence-electron chi connectivity index (χ4n) is 6.04. The molecule has 0 fully saturated rings. The summed E-state index contributed by atoms with van der Waals surface area (Å²) in [6.45, 7) is 0. The molecule has 210 valence electrons. The summed E-state index contributed by atoms with van der Waals surface area (Å²) >= 11 is 0. The van der Waals surface area contributed by atoms with Crippen molar-refractivity contribution < 1.29 is 30.2 Å². The smallest absolute Gasteiger partial charge is 0.0667 e. The number of hydrogen-bond acceptors (Lipinski definition) is 0. The van der Waals surface area contributed by atoms with Crippen molar-refractivity contribution in [1.82, 2.24) is 13.7 Å². The van der Waals surface area contributed by atoms with E-state index in [0.29, 0.717) is 0 Å². The van der Waals surface area contributed by atoms with Crippen LogP contribution in [0.1, 0.15) is 30.2 Å². The first-order valence-electron chi connectivity index (χ1n) is 24.7. The molecule has 0 atom stereocenters. The molecule has 0 aliphatic carbocycles. The van der Waals surface area contributed by atoms with E-state index in [2.05, 4.69) is 0 Å². The number of benzene rings is 7. The number of hydrogen-bond donors (Lipinski definition) is 0. The van der Waals surface area contributed by atoms with Gasteiger partial charge in [0.2, 0.25) is 0 Å². The zero-order valence-electron chi connectivity index (χ0n) is 44.7. The summed E-state index contributed by atoms with van der Waals surface area (Å²) in [7, 11) is 0. The topological polar surface area (TPSA) is 14.8 Å². The normalized spacial score (nSPS) is 18.8. The van der Waals surface area contributed by atoms with Crippen LogP contribution in [-0.2, 0) is 0 Å². The Kier molecular flexibility index (Phi) is 2.35. The molecule has 7 aromatic carbocycles. The average Bonchev–Trinajstić information content (AvgIpc) is 3.98. The first kappa shape index (κ1) is 11.5.